The number of likely N-dealkylation sites (tertiary alicyclic amines) is 1. The van der Waals surface area contributed by atoms with Crippen LogP contribution in [0.1, 0.15) is 37.7 Å². The lowest BCUT2D eigenvalue weighted by Crippen LogP contribution is -2.62. The van der Waals surface area contributed by atoms with E-state index in [0.717, 1.165) is 31.5 Å². The number of nitrogens with one attached hydrogen (secondary N) is 2. The Morgan fingerprint density at radius 1 is 1.04 bits per heavy atom. The van der Waals surface area contributed by atoms with E-state index in [-0.39, 0.29) is 41.6 Å². The third-order valence-corrected chi connectivity index (χ3v) is 7.27. The minimum Gasteiger partial charge on any atom is -0.336 e. The molecular formula is C21H27FN4O2. The van der Waals surface area contributed by atoms with E-state index in [1.165, 1.54) is 12.1 Å². The number of Topliss-reactive ketones (excluding diaryl/α,β-unsaturated/α-hetero) is 1. The number of rotatable bonds is 3. The second-order valence-corrected chi connectivity index (χ2v) is 8.74. The molecule has 5 aliphatic heterocycles. The van der Waals surface area contributed by atoms with Crippen LogP contribution >= 0.6 is 0 Å². The third kappa shape index (κ3) is 2.88. The third-order valence-electron chi connectivity index (χ3n) is 7.27. The van der Waals surface area contributed by atoms with Crippen molar-refractivity contribution in [3.8, 4) is 0 Å². The smallest absolute Gasteiger partial charge is 0.241 e. The normalized spacial score (nSPS) is 39.2. The number of halogens is 1. The molecule has 5 saturated heterocycles. The van der Waals surface area contributed by atoms with E-state index in [9.17, 15) is 14.0 Å². The highest BCUT2D eigenvalue weighted by Gasteiger charge is 2.55. The van der Waals surface area contributed by atoms with Crippen LogP contribution < -0.4 is 10.9 Å². The van der Waals surface area contributed by atoms with E-state index in [0.29, 0.717) is 24.9 Å². The van der Waals surface area contributed by atoms with Crippen molar-refractivity contribution in [1.29, 1.82) is 0 Å². The van der Waals surface area contributed by atoms with Gasteiger partial charge in [-0.2, -0.15) is 0 Å². The fraction of sp³-hybridized carbons (Fsp3) is 0.619. The second-order valence-electron chi connectivity index (χ2n) is 8.74. The van der Waals surface area contributed by atoms with Crippen LogP contribution in [0.5, 0.6) is 0 Å². The summed E-state index contributed by atoms with van der Waals surface area (Å²) in [5.74, 6) is 0.643. The van der Waals surface area contributed by atoms with Crippen molar-refractivity contribution >= 4 is 11.7 Å². The SMILES string of the molecule is CC(=O)C1CC(C(=O)N2C[C@H](c3ccc(F)cc3)[C@H]3[C@@H]2C2CCN3CC2)NN1. The number of amides is 1. The van der Waals surface area contributed by atoms with Crippen LogP contribution in [0.15, 0.2) is 24.3 Å². The molecule has 1 aromatic rings. The summed E-state index contributed by atoms with van der Waals surface area (Å²) in [7, 11) is 0. The van der Waals surface area contributed by atoms with Crippen LogP contribution in [0, 0.1) is 11.7 Å². The Kier molecular flexibility index (Phi) is 4.49. The van der Waals surface area contributed by atoms with Crippen LogP contribution in [0.4, 0.5) is 4.39 Å². The molecule has 2 unspecified atom stereocenters. The van der Waals surface area contributed by atoms with Gasteiger partial charge in [-0.05, 0) is 62.9 Å². The maximum Gasteiger partial charge on any atom is 0.241 e. The highest BCUT2D eigenvalue weighted by molar-refractivity contribution is 5.87. The summed E-state index contributed by atoms with van der Waals surface area (Å²) in [6, 6.07) is 6.63. The standard InChI is InChI=1S/C21H27FN4O2/c1-12(27)17-10-18(24-23-17)21(28)26-11-16(13-2-4-15(22)5-3-13)20-19(26)14-6-8-25(20)9-7-14/h2-5,14,16-20,23-24H,6-11H2,1H3/t16-,17?,18?,19+,20+/m1/s1. The molecule has 0 saturated carbocycles. The number of fused-ring (bicyclic) bond motifs is 2. The number of carbonyl (C=O) groups is 2. The summed E-state index contributed by atoms with van der Waals surface area (Å²) in [6.45, 7) is 4.38. The predicted molar refractivity (Wildman–Crippen MR) is 102 cm³/mol. The van der Waals surface area contributed by atoms with Gasteiger partial charge in [0.2, 0.25) is 5.91 Å². The van der Waals surface area contributed by atoms with E-state index in [1.807, 2.05) is 12.1 Å². The van der Waals surface area contributed by atoms with Crippen molar-refractivity contribution in [2.24, 2.45) is 5.92 Å². The Morgan fingerprint density at radius 3 is 2.36 bits per heavy atom. The molecule has 150 valence electrons. The maximum atomic E-state index is 13.5. The minimum atomic E-state index is -0.364. The first kappa shape index (κ1) is 18.2. The molecular weight excluding hydrogens is 359 g/mol. The molecule has 1 aromatic carbocycles. The summed E-state index contributed by atoms with van der Waals surface area (Å²) in [5.41, 5.74) is 7.12. The lowest BCUT2D eigenvalue weighted by atomic mass is 9.75. The highest BCUT2D eigenvalue weighted by Crippen LogP contribution is 2.46. The Labute approximate surface area is 164 Å². The van der Waals surface area contributed by atoms with Gasteiger partial charge in [0.15, 0.2) is 0 Å². The average Bonchev–Trinajstić information content (AvgIpc) is 3.36. The van der Waals surface area contributed by atoms with E-state index >= 15 is 0 Å². The second kappa shape index (κ2) is 6.90. The predicted octanol–water partition coefficient (Wildman–Crippen LogP) is 1.04. The zero-order valence-corrected chi connectivity index (χ0v) is 16.1. The summed E-state index contributed by atoms with van der Waals surface area (Å²) in [6.07, 6.45) is 2.76. The van der Waals surface area contributed by atoms with Crippen LogP contribution in [0.25, 0.3) is 0 Å². The Hall–Kier alpha value is -1.83. The number of hydrogen-bond acceptors (Lipinski definition) is 5. The van der Waals surface area contributed by atoms with Gasteiger partial charge in [0, 0.05) is 18.5 Å². The van der Waals surface area contributed by atoms with E-state index < -0.39 is 0 Å². The average molecular weight is 386 g/mol. The molecule has 5 atom stereocenters. The molecule has 28 heavy (non-hydrogen) atoms. The molecule has 6 nitrogen and oxygen atoms in total. The Morgan fingerprint density at radius 2 is 1.71 bits per heavy atom. The van der Waals surface area contributed by atoms with Gasteiger partial charge >= 0.3 is 0 Å². The molecule has 2 bridgehead atoms. The first-order chi connectivity index (χ1) is 13.5. The molecule has 5 fully saturated rings. The van der Waals surface area contributed by atoms with Crippen molar-refractivity contribution in [2.75, 3.05) is 19.6 Å². The summed E-state index contributed by atoms with van der Waals surface area (Å²) >= 11 is 0. The molecule has 6 rings (SSSR count). The number of piperidine rings is 3. The van der Waals surface area contributed by atoms with Gasteiger partial charge in [0.05, 0.1) is 12.1 Å². The topological polar surface area (TPSA) is 64.7 Å². The maximum absolute atomic E-state index is 13.5. The van der Waals surface area contributed by atoms with Crippen LogP contribution in [-0.4, -0.2) is 65.3 Å². The molecule has 0 radical (unpaired) electrons. The van der Waals surface area contributed by atoms with Crippen molar-refractivity contribution in [3.63, 3.8) is 0 Å². The lowest BCUT2D eigenvalue weighted by molar-refractivity contribution is -0.138. The summed E-state index contributed by atoms with van der Waals surface area (Å²) in [4.78, 5) is 29.7. The largest absolute Gasteiger partial charge is 0.336 e. The first-order valence-corrected chi connectivity index (χ1v) is 10.3. The van der Waals surface area contributed by atoms with Crippen LogP contribution in [-0.2, 0) is 9.59 Å². The van der Waals surface area contributed by atoms with Gasteiger partial charge in [-0.15, -0.1) is 0 Å². The monoisotopic (exact) mass is 386 g/mol. The molecule has 0 aromatic heterocycles. The van der Waals surface area contributed by atoms with Crippen LogP contribution in [0.2, 0.25) is 0 Å². The van der Waals surface area contributed by atoms with Gasteiger partial charge in [-0.1, -0.05) is 12.1 Å². The summed E-state index contributed by atoms with van der Waals surface area (Å²) < 4.78 is 13.5. The zero-order chi connectivity index (χ0) is 19.4. The van der Waals surface area contributed by atoms with Gasteiger partial charge in [0.1, 0.15) is 17.6 Å². The zero-order valence-electron chi connectivity index (χ0n) is 16.1. The van der Waals surface area contributed by atoms with Gasteiger partial charge in [-0.25, -0.2) is 15.2 Å². The van der Waals surface area contributed by atoms with E-state index in [4.69, 9.17) is 0 Å². The van der Waals surface area contributed by atoms with Gasteiger partial charge < -0.3 is 4.90 Å². The fourth-order valence-electron chi connectivity index (χ4n) is 5.86. The minimum absolute atomic E-state index is 0.0501. The van der Waals surface area contributed by atoms with E-state index in [1.54, 1.807) is 6.92 Å². The van der Waals surface area contributed by atoms with Gasteiger partial charge in [0.25, 0.3) is 0 Å². The number of ketones is 1. The number of benzene rings is 1. The fourth-order valence-corrected chi connectivity index (χ4v) is 5.86. The molecule has 5 aliphatic rings. The molecule has 7 heteroatoms. The molecule has 1 amide bonds. The first-order valence-electron chi connectivity index (χ1n) is 10.3. The quantitative estimate of drug-likeness (QED) is 0.813. The van der Waals surface area contributed by atoms with Crippen molar-refractivity contribution in [3.05, 3.63) is 35.6 Å². The lowest BCUT2D eigenvalue weighted by Gasteiger charge is -2.51. The number of carbonyl (C=O) groups excluding carboxylic acids is 2. The van der Waals surface area contributed by atoms with E-state index in [2.05, 4.69) is 20.7 Å². The Bertz CT molecular complexity index is 777. The molecule has 5 heterocycles. The number of hydrogen-bond donors (Lipinski definition) is 2. The number of nitrogens with zero attached hydrogens (tertiary/aromatic N) is 2. The molecule has 0 aliphatic carbocycles. The van der Waals surface area contributed by atoms with Crippen LogP contribution in [0.3, 0.4) is 0 Å². The Balaban J connectivity index is 1.43. The van der Waals surface area contributed by atoms with Gasteiger partial charge in [-0.3, -0.25) is 14.5 Å². The number of hydrazine groups is 1. The van der Waals surface area contributed by atoms with Crippen molar-refractivity contribution in [1.82, 2.24) is 20.7 Å². The highest BCUT2D eigenvalue weighted by atomic mass is 19.1. The van der Waals surface area contributed by atoms with Crippen molar-refractivity contribution in [2.45, 2.75) is 56.3 Å². The molecule has 0 spiro atoms. The summed E-state index contributed by atoms with van der Waals surface area (Å²) in [5, 5.41) is 0. The van der Waals surface area contributed by atoms with Crippen molar-refractivity contribution < 1.29 is 14.0 Å². The molecule has 2 N–H and O–H groups in total.